The predicted molar refractivity (Wildman–Crippen MR) is 72.7 cm³/mol. The Bertz CT molecular complexity index is 309. The summed E-state index contributed by atoms with van der Waals surface area (Å²) < 4.78 is 0. The molecule has 110 valence electrons. The number of β-amino-alcohol motifs (C(OH)–C–C–N with tert-alkyl or cyclic N) is 1. The molecule has 2 N–H and O–H groups in total. The molecule has 0 saturated carbocycles. The molecule has 0 aromatic rings. The number of likely N-dealkylation sites (tertiary alicyclic amines) is 2. The average molecular weight is 270 g/mol. The second kappa shape index (κ2) is 6.68. The quantitative estimate of drug-likeness (QED) is 0.742. The lowest BCUT2D eigenvalue weighted by Gasteiger charge is -2.35. The molecule has 3 atom stereocenters. The molecule has 2 heterocycles. The van der Waals surface area contributed by atoms with Gasteiger partial charge < -0.3 is 20.0 Å². The van der Waals surface area contributed by atoms with E-state index < -0.39 is 6.10 Å². The molecule has 2 saturated heterocycles. The molecular formula is C14H26N2O3. The van der Waals surface area contributed by atoms with Crippen LogP contribution in [0.25, 0.3) is 0 Å². The number of amides is 1. The van der Waals surface area contributed by atoms with E-state index in [0.29, 0.717) is 25.4 Å². The van der Waals surface area contributed by atoms with E-state index in [9.17, 15) is 15.0 Å². The molecule has 0 bridgehead atoms. The highest BCUT2D eigenvalue weighted by Crippen LogP contribution is 2.20. The molecule has 2 aliphatic rings. The Balaban J connectivity index is 1.75. The van der Waals surface area contributed by atoms with Crippen LogP contribution in [0.2, 0.25) is 0 Å². The second-order valence-electron chi connectivity index (χ2n) is 6.00. The van der Waals surface area contributed by atoms with Crippen LogP contribution in [-0.4, -0.2) is 70.9 Å². The fraction of sp³-hybridized carbons (Fsp3) is 0.929. The summed E-state index contributed by atoms with van der Waals surface area (Å²) in [4.78, 5) is 15.5. The Morgan fingerprint density at radius 3 is 2.68 bits per heavy atom. The number of hydrogen-bond donors (Lipinski definition) is 2. The Kier molecular flexibility index (Phi) is 5.19. The largest absolute Gasteiger partial charge is 0.393 e. The number of carbonyl (C=O) groups excluding carboxylic acids is 1. The second-order valence-corrected chi connectivity index (χ2v) is 6.00. The van der Waals surface area contributed by atoms with Gasteiger partial charge in [0.1, 0.15) is 0 Å². The van der Waals surface area contributed by atoms with Gasteiger partial charge in [-0.2, -0.15) is 0 Å². The number of aliphatic hydroxyl groups excluding tert-OH is 2. The maximum atomic E-state index is 11.5. The molecule has 0 aromatic heterocycles. The molecule has 0 aromatic carbocycles. The van der Waals surface area contributed by atoms with Crippen LogP contribution in [0.3, 0.4) is 0 Å². The number of aliphatic hydroxyl groups is 2. The third kappa shape index (κ3) is 4.16. The monoisotopic (exact) mass is 270 g/mol. The van der Waals surface area contributed by atoms with E-state index in [2.05, 4.69) is 4.90 Å². The summed E-state index contributed by atoms with van der Waals surface area (Å²) in [7, 11) is 0. The van der Waals surface area contributed by atoms with Crippen molar-refractivity contribution in [3.8, 4) is 0 Å². The Labute approximate surface area is 115 Å². The van der Waals surface area contributed by atoms with Gasteiger partial charge in [0.15, 0.2) is 0 Å². The minimum atomic E-state index is -0.477. The SMILES string of the molecule is CC(O)C1CCCN(CC(O)CN2CCCC2=O)C1. The zero-order valence-corrected chi connectivity index (χ0v) is 11.8. The molecule has 2 aliphatic heterocycles. The van der Waals surface area contributed by atoms with E-state index in [0.717, 1.165) is 38.9 Å². The van der Waals surface area contributed by atoms with Crippen molar-refractivity contribution in [1.82, 2.24) is 9.80 Å². The number of rotatable bonds is 5. The van der Waals surface area contributed by atoms with Gasteiger partial charge >= 0.3 is 0 Å². The molecule has 2 rings (SSSR count). The van der Waals surface area contributed by atoms with Crippen molar-refractivity contribution < 1.29 is 15.0 Å². The van der Waals surface area contributed by atoms with Gasteiger partial charge in [-0.15, -0.1) is 0 Å². The number of piperidine rings is 1. The molecule has 1 amide bonds. The number of carbonyl (C=O) groups is 1. The summed E-state index contributed by atoms with van der Waals surface area (Å²) in [6.45, 7) is 5.51. The normalized spacial score (nSPS) is 28.7. The number of hydrogen-bond acceptors (Lipinski definition) is 4. The molecular weight excluding hydrogens is 244 g/mol. The summed E-state index contributed by atoms with van der Waals surface area (Å²) >= 11 is 0. The van der Waals surface area contributed by atoms with Gasteiger partial charge in [-0.25, -0.2) is 0 Å². The molecule has 0 spiro atoms. The van der Waals surface area contributed by atoms with E-state index in [-0.39, 0.29) is 12.0 Å². The highest BCUT2D eigenvalue weighted by Gasteiger charge is 2.27. The van der Waals surface area contributed by atoms with Crippen LogP contribution in [0.4, 0.5) is 0 Å². The lowest BCUT2D eigenvalue weighted by atomic mass is 9.93. The molecule has 0 aliphatic carbocycles. The number of nitrogens with zero attached hydrogens (tertiary/aromatic N) is 2. The van der Waals surface area contributed by atoms with Crippen molar-refractivity contribution in [3.63, 3.8) is 0 Å². The van der Waals surface area contributed by atoms with Crippen molar-refractivity contribution in [1.29, 1.82) is 0 Å². The van der Waals surface area contributed by atoms with Gasteiger partial charge in [0.25, 0.3) is 0 Å². The zero-order valence-electron chi connectivity index (χ0n) is 11.8. The Morgan fingerprint density at radius 2 is 2.05 bits per heavy atom. The van der Waals surface area contributed by atoms with E-state index >= 15 is 0 Å². The summed E-state index contributed by atoms with van der Waals surface area (Å²) in [6, 6.07) is 0. The van der Waals surface area contributed by atoms with Crippen LogP contribution in [-0.2, 0) is 4.79 Å². The van der Waals surface area contributed by atoms with Crippen LogP contribution < -0.4 is 0 Å². The minimum Gasteiger partial charge on any atom is -0.393 e. The lowest BCUT2D eigenvalue weighted by molar-refractivity contribution is -0.129. The first kappa shape index (κ1) is 14.8. The summed E-state index contributed by atoms with van der Waals surface area (Å²) in [5.41, 5.74) is 0. The van der Waals surface area contributed by atoms with Gasteiger partial charge in [0, 0.05) is 32.6 Å². The third-order valence-corrected chi connectivity index (χ3v) is 4.30. The van der Waals surface area contributed by atoms with Gasteiger partial charge in [-0.3, -0.25) is 4.79 Å². The molecule has 5 nitrogen and oxygen atoms in total. The average Bonchev–Trinajstić information content (AvgIpc) is 2.75. The minimum absolute atomic E-state index is 0.166. The fourth-order valence-corrected chi connectivity index (χ4v) is 3.16. The summed E-state index contributed by atoms with van der Waals surface area (Å²) in [6.07, 6.45) is 2.93. The molecule has 19 heavy (non-hydrogen) atoms. The first-order valence-electron chi connectivity index (χ1n) is 7.42. The van der Waals surface area contributed by atoms with Crippen LogP contribution in [0, 0.1) is 5.92 Å². The van der Waals surface area contributed by atoms with E-state index in [1.54, 1.807) is 4.90 Å². The van der Waals surface area contributed by atoms with E-state index in [1.807, 2.05) is 6.92 Å². The van der Waals surface area contributed by atoms with Gasteiger partial charge in [0.2, 0.25) is 5.91 Å². The van der Waals surface area contributed by atoms with Crippen LogP contribution >= 0.6 is 0 Å². The smallest absolute Gasteiger partial charge is 0.222 e. The van der Waals surface area contributed by atoms with Crippen LogP contribution in [0.1, 0.15) is 32.6 Å². The Morgan fingerprint density at radius 1 is 1.26 bits per heavy atom. The first-order valence-corrected chi connectivity index (χ1v) is 7.42. The summed E-state index contributed by atoms with van der Waals surface area (Å²) in [5, 5.41) is 19.8. The van der Waals surface area contributed by atoms with Gasteiger partial charge in [-0.05, 0) is 38.6 Å². The highest BCUT2D eigenvalue weighted by molar-refractivity contribution is 5.78. The topological polar surface area (TPSA) is 64.0 Å². The van der Waals surface area contributed by atoms with E-state index in [1.165, 1.54) is 0 Å². The predicted octanol–water partition coefficient (Wildman–Crippen LogP) is 0.0625. The fourth-order valence-electron chi connectivity index (χ4n) is 3.16. The van der Waals surface area contributed by atoms with Crippen molar-refractivity contribution in [3.05, 3.63) is 0 Å². The van der Waals surface area contributed by atoms with Crippen molar-refractivity contribution in [2.75, 3.05) is 32.7 Å². The lowest BCUT2D eigenvalue weighted by Crippen LogP contribution is -2.46. The van der Waals surface area contributed by atoms with Gasteiger partial charge in [0.05, 0.1) is 12.2 Å². The standard InChI is InChI=1S/C14H26N2O3/c1-11(17)12-4-2-6-15(8-12)9-13(18)10-16-7-3-5-14(16)19/h11-13,17-18H,2-10H2,1H3. The zero-order chi connectivity index (χ0) is 13.8. The maximum Gasteiger partial charge on any atom is 0.222 e. The van der Waals surface area contributed by atoms with E-state index in [4.69, 9.17) is 0 Å². The van der Waals surface area contributed by atoms with Crippen LogP contribution in [0.15, 0.2) is 0 Å². The van der Waals surface area contributed by atoms with Gasteiger partial charge in [-0.1, -0.05) is 0 Å². The molecule has 3 unspecified atom stereocenters. The molecule has 0 radical (unpaired) electrons. The van der Waals surface area contributed by atoms with Crippen molar-refractivity contribution in [2.24, 2.45) is 5.92 Å². The summed E-state index contributed by atoms with van der Waals surface area (Å²) in [5.74, 6) is 0.480. The first-order chi connectivity index (χ1) is 9.06. The molecule has 2 fully saturated rings. The third-order valence-electron chi connectivity index (χ3n) is 4.30. The molecule has 5 heteroatoms. The highest BCUT2D eigenvalue weighted by atomic mass is 16.3. The van der Waals surface area contributed by atoms with Crippen LogP contribution in [0.5, 0.6) is 0 Å². The maximum absolute atomic E-state index is 11.5. The Hall–Kier alpha value is -0.650. The van der Waals surface area contributed by atoms with Crippen molar-refractivity contribution >= 4 is 5.91 Å². The van der Waals surface area contributed by atoms with Crippen molar-refractivity contribution in [2.45, 2.75) is 44.8 Å².